The average Bonchev–Trinajstić information content (AvgIpc) is 2.88. The molecule has 4 aliphatic heterocycles. The summed E-state index contributed by atoms with van der Waals surface area (Å²) in [6, 6.07) is 0. The molecule has 0 aliphatic carbocycles. The van der Waals surface area contributed by atoms with Crippen molar-refractivity contribution in [2.24, 2.45) is 5.92 Å². The second-order valence-electron chi connectivity index (χ2n) is 8.70. The van der Waals surface area contributed by atoms with Gasteiger partial charge < -0.3 is 64.2 Å². The lowest BCUT2D eigenvalue weighted by Gasteiger charge is -2.46. The summed E-state index contributed by atoms with van der Waals surface area (Å²) in [5.41, 5.74) is 0.739. The van der Waals surface area contributed by atoms with E-state index in [0.29, 0.717) is 5.57 Å². The summed E-state index contributed by atoms with van der Waals surface area (Å²) in [5, 5.41) is 70.7. The van der Waals surface area contributed by atoms with E-state index in [1.54, 1.807) is 6.08 Å². The van der Waals surface area contributed by atoms with Gasteiger partial charge >= 0.3 is 5.97 Å². The quantitative estimate of drug-likeness (QED) is 0.127. The number of carbonyl (C=O) groups excluding carboxylic acids is 1. The van der Waals surface area contributed by atoms with Crippen LogP contribution in [0.25, 0.3) is 0 Å². The van der Waals surface area contributed by atoms with Gasteiger partial charge in [-0.3, -0.25) is 0 Å². The van der Waals surface area contributed by atoms with Crippen LogP contribution in [0.15, 0.2) is 36.1 Å². The topological polar surface area (TPSA) is 214 Å². The molecule has 4 rings (SSSR count). The van der Waals surface area contributed by atoms with E-state index in [-0.39, 0.29) is 12.2 Å². The lowest BCUT2D eigenvalue weighted by Crippen LogP contribution is -2.65. The number of aliphatic hydroxyl groups is 7. The first-order chi connectivity index (χ1) is 17.2. The standard InChI is InChI=1S/C22H30O14/c1-2-8-9-3-4-31-19(30)10(9)7-32-20(8)36-22-17(29)15(27)18(12(6-24)34-22)35-21-16(28)14(26)13(25)11(5-23)33-21/h2-3,7-8,11-18,20-29H,1,4-6H2/t8-,11-,12-,13-,14+,15-,16-,17-,18-,20+,21+,22+/m1/s1. The maximum atomic E-state index is 12.0. The van der Waals surface area contributed by atoms with E-state index < -0.39 is 92.8 Å². The molecule has 2 fully saturated rings. The molecule has 14 heteroatoms. The van der Waals surface area contributed by atoms with Gasteiger partial charge in [0.1, 0.15) is 61.7 Å². The molecule has 7 N–H and O–H groups in total. The number of hydrogen-bond donors (Lipinski definition) is 7. The smallest absolute Gasteiger partial charge is 0.341 e. The molecule has 12 atom stereocenters. The predicted molar refractivity (Wildman–Crippen MR) is 113 cm³/mol. The largest absolute Gasteiger partial charge is 0.471 e. The zero-order valence-corrected chi connectivity index (χ0v) is 19.0. The second kappa shape index (κ2) is 11.2. The number of hydrogen-bond acceptors (Lipinski definition) is 14. The van der Waals surface area contributed by atoms with Crippen LogP contribution in [0.4, 0.5) is 0 Å². The summed E-state index contributed by atoms with van der Waals surface area (Å²) in [6.45, 7) is 2.36. The van der Waals surface area contributed by atoms with Crippen molar-refractivity contribution < 1.29 is 69.0 Å². The summed E-state index contributed by atoms with van der Waals surface area (Å²) < 4.78 is 32.6. The Balaban J connectivity index is 1.46. The molecular weight excluding hydrogens is 488 g/mol. The Morgan fingerprint density at radius 2 is 1.53 bits per heavy atom. The monoisotopic (exact) mass is 518 g/mol. The van der Waals surface area contributed by atoms with Crippen LogP contribution in [0.1, 0.15) is 0 Å². The molecule has 0 amide bonds. The van der Waals surface area contributed by atoms with Crippen LogP contribution in [-0.4, -0.2) is 129 Å². The minimum atomic E-state index is -1.78. The van der Waals surface area contributed by atoms with Gasteiger partial charge in [-0.2, -0.15) is 0 Å². The third kappa shape index (κ3) is 4.94. The van der Waals surface area contributed by atoms with Gasteiger partial charge in [-0.15, -0.1) is 6.58 Å². The summed E-state index contributed by atoms with van der Waals surface area (Å²) in [7, 11) is 0. The molecule has 0 unspecified atom stereocenters. The van der Waals surface area contributed by atoms with E-state index in [1.807, 2.05) is 0 Å². The Kier molecular flexibility index (Phi) is 8.43. The van der Waals surface area contributed by atoms with Crippen LogP contribution < -0.4 is 0 Å². The number of ether oxygens (including phenoxy) is 6. The number of fused-ring (bicyclic) bond motifs is 1. The SMILES string of the molecule is C=C[C@@H]1C2=CCOC(=O)C2=CO[C@H]1O[C@@H]1O[C@H](CO)[C@@H](O[C@@H]2O[C@H](CO)[C@@H](O)[C@H](O)[C@H]2O)[C@H](O)[C@H]1O. The van der Waals surface area contributed by atoms with Crippen LogP contribution in [0, 0.1) is 5.92 Å². The van der Waals surface area contributed by atoms with E-state index in [4.69, 9.17) is 28.4 Å². The highest BCUT2D eigenvalue weighted by molar-refractivity contribution is 5.94. The van der Waals surface area contributed by atoms with Gasteiger partial charge in [-0.1, -0.05) is 6.08 Å². The van der Waals surface area contributed by atoms with Gasteiger partial charge in [0, 0.05) is 0 Å². The normalized spacial score (nSPS) is 45.0. The van der Waals surface area contributed by atoms with Crippen molar-refractivity contribution in [3.05, 3.63) is 36.1 Å². The molecule has 0 radical (unpaired) electrons. The number of aliphatic hydroxyl groups excluding tert-OH is 7. The maximum Gasteiger partial charge on any atom is 0.341 e. The molecule has 0 saturated carbocycles. The molecule has 4 heterocycles. The van der Waals surface area contributed by atoms with E-state index in [1.165, 1.54) is 6.08 Å². The van der Waals surface area contributed by atoms with Crippen LogP contribution in [0.2, 0.25) is 0 Å². The molecule has 14 nitrogen and oxygen atoms in total. The molecule has 0 spiro atoms. The molecule has 36 heavy (non-hydrogen) atoms. The van der Waals surface area contributed by atoms with Gasteiger partial charge in [0.15, 0.2) is 12.6 Å². The molecule has 0 aromatic heterocycles. The van der Waals surface area contributed by atoms with Crippen molar-refractivity contribution in [3.8, 4) is 0 Å². The van der Waals surface area contributed by atoms with Crippen LogP contribution in [0.3, 0.4) is 0 Å². The Morgan fingerprint density at radius 3 is 2.19 bits per heavy atom. The third-order valence-electron chi connectivity index (χ3n) is 6.50. The van der Waals surface area contributed by atoms with Crippen LogP contribution >= 0.6 is 0 Å². The first kappa shape index (κ1) is 27.1. The summed E-state index contributed by atoms with van der Waals surface area (Å²) in [5.74, 6) is -1.22. The minimum absolute atomic E-state index is 0.0490. The fraction of sp³-hybridized carbons (Fsp3) is 0.682. The molecular formula is C22H30O14. The second-order valence-corrected chi connectivity index (χ2v) is 8.70. The summed E-state index contributed by atoms with van der Waals surface area (Å²) >= 11 is 0. The van der Waals surface area contributed by atoms with E-state index in [2.05, 4.69) is 6.58 Å². The third-order valence-corrected chi connectivity index (χ3v) is 6.50. The highest BCUT2D eigenvalue weighted by Gasteiger charge is 2.51. The van der Waals surface area contributed by atoms with Gasteiger partial charge in [-0.25, -0.2) is 4.79 Å². The molecule has 0 aromatic rings. The van der Waals surface area contributed by atoms with Crippen molar-refractivity contribution in [1.29, 1.82) is 0 Å². The van der Waals surface area contributed by atoms with Gasteiger partial charge in [-0.05, 0) is 11.6 Å². The average molecular weight is 518 g/mol. The van der Waals surface area contributed by atoms with Crippen LogP contribution in [0.5, 0.6) is 0 Å². The Morgan fingerprint density at radius 1 is 0.889 bits per heavy atom. The fourth-order valence-corrected chi connectivity index (χ4v) is 4.47. The maximum absolute atomic E-state index is 12.0. The summed E-state index contributed by atoms with van der Waals surface area (Å²) in [4.78, 5) is 12.0. The fourth-order valence-electron chi connectivity index (χ4n) is 4.47. The van der Waals surface area contributed by atoms with Gasteiger partial charge in [0.05, 0.1) is 24.7 Å². The van der Waals surface area contributed by atoms with Crippen molar-refractivity contribution in [1.82, 2.24) is 0 Å². The molecule has 4 aliphatic rings. The van der Waals surface area contributed by atoms with Crippen molar-refractivity contribution in [2.75, 3.05) is 19.8 Å². The zero-order valence-electron chi connectivity index (χ0n) is 19.0. The Bertz CT molecular complexity index is 871. The van der Waals surface area contributed by atoms with Gasteiger partial charge in [0.25, 0.3) is 0 Å². The first-order valence-electron chi connectivity index (χ1n) is 11.3. The Hall–Kier alpha value is -1.95. The van der Waals surface area contributed by atoms with E-state index in [9.17, 15) is 40.5 Å². The van der Waals surface area contributed by atoms with Crippen molar-refractivity contribution >= 4 is 5.97 Å². The molecule has 0 aromatic carbocycles. The first-order valence-corrected chi connectivity index (χ1v) is 11.3. The Labute approximate surface area is 205 Å². The molecule has 0 bridgehead atoms. The van der Waals surface area contributed by atoms with Crippen molar-refractivity contribution in [2.45, 2.75) is 67.7 Å². The zero-order chi connectivity index (χ0) is 26.1. The number of esters is 1. The highest BCUT2D eigenvalue weighted by Crippen LogP contribution is 2.36. The lowest BCUT2D eigenvalue weighted by molar-refractivity contribution is -0.371. The van der Waals surface area contributed by atoms with E-state index in [0.717, 1.165) is 6.26 Å². The van der Waals surface area contributed by atoms with Gasteiger partial charge in [0.2, 0.25) is 6.29 Å². The van der Waals surface area contributed by atoms with Crippen molar-refractivity contribution in [3.63, 3.8) is 0 Å². The van der Waals surface area contributed by atoms with E-state index >= 15 is 0 Å². The van der Waals surface area contributed by atoms with Crippen LogP contribution in [-0.2, 0) is 33.2 Å². The minimum Gasteiger partial charge on any atom is -0.471 e. The summed E-state index contributed by atoms with van der Waals surface area (Å²) in [6.07, 6.45) is -12.7. The lowest BCUT2D eigenvalue weighted by atomic mass is 9.89. The molecule has 2 saturated heterocycles. The number of carbonyl (C=O) groups is 1. The molecule has 202 valence electrons. The number of rotatable bonds is 7. The number of cyclic esters (lactones) is 1. The predicted octanol–water partition coefficient (Wildman–Crippen LogP) is -3.85. The highest BCUT2D eigenvalue weighted by atomic mass is 16.8.